The zero-order valence-corrected chi connectivity index (χ0v) is 5.97. The van der Waals surface area contributed by atoms with Gasteiger partial charge in [-0.25, -0.2) is 13.2 Å². The highest BCUT2D eigenvalue weighted by atomic mass is 19.3. The second-order valence-corrected chi connectivity index (χ2v) is 2.13. The lowest BCUT2D eigenvalue weighted by atomic mass is 10.2. The van der Waals surface area contributed by atoms with Gasteiger partial charge in [-0.1, -0.05) is 0 Å². The van der Waals surface area contributed by atoms with Gasteiger partial charge in [0.2, 0.25) is 0 Å². The van der Waals surface area contributed by atoms with Gasteiger partial charge in [0.25, 0.3) is 6.43 Å². The third kappa shape index (κ3) is 1.55. The molecular weight excluding hydrogens is 171 g/mol. The Bertz CT molecular complexity index is 277. The van der Waals surface area contributed by atoms with Crippen molar-refractivity contribution in [2.24, 2.45) is 0 Å². The standard InChI is InChI=1S/C7H6F3NO/c8-5-4(3-12)1-2-11-6(5)7(9)10/h1-2,7,12H,3H2. The Kier molecular flexibility index (Phi) is 2.65. The molecule has 0 fully saturated rings. The third-order valence-electron chi connectivity index (χ3n) is 1.37. The van der Waals surface area contributed by atoms with E-state index in [2.05, 4.69) is 4.98 Å². The number of pyridine rings is 1. The van der Waals surface area contributed by atoms with Gasteiger partial charge in [0.15, 0.2) is 5.82 Å². The van der Waals surface area contributed by atoms with E-state index in [1.165, 1.54) is 0 Å². The van der Waals surface area contributed by atoms with Crippen LogP contribution in [0.4, 0.5) is 13.2 Å². The lowest BCUT2D eigenvalue weighted by Crippen LogP contribution is -2.00. The molecule has 5 heteroatoms. The van der Waals surface area contributed by atoms with E-state index in [1.807, 2.05) is 0 Å². The molecule has 1 heterocycles. The molecule has 0 unspecified atom stereocenters. The van der Waals surface area contributed by atoms with Crippen molar-refractivity contribution in [1.29, 1.82) is 0 Å². The molecule has 0 aliphatic carbocycles. The van der Waals surface area contributed by atoms with Gasteiger partial charge >= 0.3 is 0 Å². The van der Waals surface area contributed by atoms with Crippen molar-refractivity contribution in [1.82, 2.24) is 4.98 Å². The first-order valence-electron chi connectivity index (χ1n) is 3.19. The topological polar surface area (TPSA) is 33.1 Å². The lowest BCUT2D eigenvalue weighted by molar-refractivity contribution is 0.139. The number of alkyl halides is 2. The summed E-state index contributed by atoms with van der Waals surface area (Å²) in [6.45, 7) is -0.603. The van der Waals surface area contributed by atoms with Crippen LogP contribution in [0, 0.1) is 5.82 Å². The first kappa shape index (κ1) is 8.99. The number of aliphatic hydroxyl groups is 1. The minimum atomic E-state index is -2.95. The second kappa shape index (κ2) is 3.53. The molecule has 0 aromatic carbocycles. The molecule has 0 aliphatic heterocycles. The molecule has 1 aromatic heterocycles. The van der Waals surface area contributed by atoms with E-state index < -0.39 is 24.5 Å². The molecule has 0 saturated heterocycles. The SMILES string of the molecule is OCc1ccnc(C(F)F)c1F. The third-order valence-corrected chi connectivity index (χ3v) is 1.37. The lowest BCUT2D eigenvalue weighted by Gasteiger charge is -2.03. The van der Waals surface area contributed by atoms with E-state index in [0.717, 1.165) is 12.3 Å². The Hall–Kier alpha value is -1.10. The Morgan fingerprint density at radius 2 is 2.17 bits per heavy atom. The van der Waals surface area contributed by atoms with E-state index in [1.54, 1.807) is 0 Å². The number of hydrogen-bond acceptors (Lipinski definition) is 2. The van der Waals surface area contributed by atoms with Gasteiger partial charge in [0.05, 0.1) is 6.61 Å². The van der Waals surface area contributed by atoms with Crippen LogP contribution in [0.25, 0.3) is 0 Å². The number of rotatable bonds is 2. The molecular formula is C7H6F3NO. The summed E-state index contributed by atoms with van der Waals surface area (Å²) in [4.78, 5) is 3.15. The largest absolute Gasteiger partial charge is 0.392 e. The highest BCUT2D eigenvalue weighted by Gasteiger charge is 2.16. The number of aromatic nitrogens is 1. The summed E-state index contributed by atoms with van der Waals surface area (Å²) in [7, 11) is 0. The van der Waals surface area contributed by atoms with Crippen LogP contribution in [-0.4, -0.2) is 10.1 Å². The molecule has 0 bridgehead atoms. The Balaban J connectivity index is 3.14. The van der Waals surface area contributed by atoms with Gasteiger partial charge in [0.1, 0.15) is 5.69 Å². The molecule has 66 valence electrons. The maximum absolute atomic E-state index is 12.8. The molecule has 1 rings (SSSR count). The van der Waals surface area contributed by atoms with Crippen LogP contribution in [0.5, 0.6) is 0 Å². The van der Waals surface area contributed by atoms with E-state index in [0.29, 0.717) is 0 Å². The predicted molar refractivity (Wildman–Crippen MR) is 35.1 cm³/mol. The van der Waals surface area contributed by atoms with E-state index in [-0.39, 0.29) is 5.56 Å². The Morgan fingerprint density at radius 1 is 1.50 bits per heavy atom. The summed E-state index contributed by atoms with van der Waals surface area (Å²) in [6.07, 6.45) is -1.91. The minimum Gasteiger partial charge on any atom is -0.392 e. The second-order valence-electron chi connectivity index (χ2n) is 2.13. The van der Waals surface area contributed by atoms with Crippen LogP contribution in [0.1, 0.15) is 17.7 Å². The molecule has 12 heavy (non-hydrogen) atoms. The van der Waals surface area contributed by atoms with E-state index >= 15 is 0 Å². The number of aliphatic hydroxyl groups excluding tert-OH is 1. The van der Waals surface area contributed by atoms with Crippen molar-refractivity contribution >= 4 is 0 Å². The van der Waals surface area contributed by atoms with Crippen molar-refractivity contribution in [3.8, 4) is 0 Å². The molecule has 0 aliphatic rings. The van der Waals surface area contributed by atoms with Gasteiger partial charge in [-0.3, -0.25) is 4.98 Å². The Labute approximate surface area is 66.7 Å². The first-order chi connectivity index (χ1) is 5.66. The van der Waals surface area contributed by atoms with E-state index in [4.69, 9.17) is 5.11 Å². The summed E-state index contributed by atoms with van der Waals surface area (Å²) in [5.74, 6) is -1.13. The summed E-state index contributed by atoms with van der Waals surface area (Å²) in [5, 5.41) is 8.51. The molecule has 0 saturated carbocycles. The van der Waals surface area contributed by atoms with Crippen molar-refractivity contribution in [3.05, 3.63) is 29.3 Å². The fourth-order valence-electron chi connectivity index (χ4n) is 0.776. The van der Waals surface area contributed by atoms with Crippen molar-refractivity contribution < 1.29 is 18.3 Å². The van der Waals surface area contributed by atoms with Crippen LogP contribution >= 0.6 is 0 Å². The molecule has 1 N–H and O–H groups in total. The first-order valence-corrected chi connectivity index (χ1v) is 3.19. The normalized spacial score (nSPS) is 10.8. The minimum absolute atomic E-state index is 0.166. The zero-order valence-electron chi connectivity index (χ0n) is 5.97. The average Bonchev–Trinajstić information content (AvgIpc) is 2.04. The molecule has 0 atom stereocenters. The van der Waals surface area contributed by atoms with Crippen molar-refractivity contribution in [2.45, 2.75) is 13.0 Å². The van der Waals surface area contributed by atoms with Gasteiger partial charge < -0.3 is 5.11 Å². The van der Waals surface area contributed by atoms with Crippen LogP contribution < -0.4 is 0 Å². The summed E-state index contributed by atoms with van der Waals surface area (Å²) in [5.41, 5.74) is -1.08. The summed E-state index contributed by atoms with van der Waals surface area (Å²) >= 11 is 0. The summed E-state index contributed by atoms with van der Waals surface area (Å²) in [6, 6.07) is 1.15. The highest BCUT2D eigenvalue weighted by molar-refractivity contribution is 5.19. The van der Waals surface area contributed by atoms with Gasteiger partial charge in [-0.2, -0.15) is 0 Å². The van der Waals surface area contributed by atoms with Crippen molar-refractivity contribution in [3.63, 3.8) is 0 Å². The van der Waals surface area contributed by atoms with Crippen LogP contribution in [-0.2, 0) is 6.61 Å². The molecule has 2 nitrogen and oxygen atoms in total. The molecule has 1 aromatic rings. The Morgan fingerprint density at radius 3 is 2.67 bits per heavy atom. The number of nitrogens with zero attached hydrogens (tertiary/aromatic N) is 1. The van der Waals surface area contributed by atoms with Crippen LogP contribution in [0.3, 0.4) is 0 Å². The van der Waals surface area contributed by atoms with E-state index in [9.17, 15) is 13.2 Å². The molecule has 0 radical (unpaired) electrons. The molecule has 0 amide bonds. The van der Waals surface area contributed by atoms with Crippen LogP contribution in [0.15, 0.2) is 12.3 Å². The fourth-order valence-corrected chi connectivity index (χ4v) is 0.776. The fraction of sp³-hybridized carbons (Fsp3) is 0.286. The van der Waals surface area contributed by atoms with Gasteiger partial charge in [0, 0.05) is 11.8 Å². The predicted octanol–water partition coefficient (Wildman–Crippen LogP) is 1.65. The number of halogens is 3. The maximum Gasteiger partial charge on any atom is 0.283 e. The highest BCUT2D eigenvalue weighted by Crippen LogP contribution is 2.21. The quantitative estimate of drug-likeness (QED) is 0.745. The maximum atomic E-state index is 12.8. The zero-order chi connectivity index (χ0) is 9.14. The smallest absolute Gasteiger partial charge is 0.283 e. The van der Waals surface area contributed by atoms with Crippen molar-refractivity contribution in [2.75, 3.05) is 0 Å². The monoisotopic (exact) mass is 177 g/mol. The van der Waals surface area contributed by atoms with Gasteiger partial charge in [-0.05, 0) is 6.07 Å². The van der Waals surface area contributed by atoms with Crippen LogP contribution in [0.2, 0.25) is 0 Å². The van der Waals surface area contributed by atoms with Gasteiger partial charge in [-0.15, -0.1) is 0 Å². The number of hydrogen-bond donors (Lipinski definition) is 1. The average molecular weight is 177 g/mol. The molecule has 0 spiro atoms. The summed E-state index contributed by atoms with van der Waals surface area (Å²) < 4.78 is 36.7.